The molecule has 1 atom stereocenters. The lowest BCUT2D eigenvalue weighted by Crippen LogP contribution is -2.11. The second-order valence-corrected chi connectivity index (χ2v) is 3.67. The van der Waals surface area contributed by atoms with Gasteiger partial charge in [-0.1, -0.05) is 37.1 Å². The zero-order chi connectivity index (χ0) is 10.6. The Bertz CT molecular complexity index is 306. The van der Waals surface area contributed by atoms with Crippen LogP contribution in [0.15, 0.2) is 24.3 Å². The lowest BCUT2D eigenvalue weighted by Gasteiger charge is -2.11. The van der Waals surface area contributed by atoms with Crippen LogP contribution in [0.4, 0.5) is 0 Å². The number of carboxylic acid groups (broad SMARTS) is 1. The van der Waals surface area contributed by atoms with Crippen LogP contribution in [0.25, 0.3) is 0 Å². The van der Waals surface area contributed by atoms with E-state index in [1.54, 1.807) is 24.3 Å². The summed E-state index contributed by atoms with van der Waals surface area (Å²) in [5.74, 6) is -1.17. The molecular weight excluding hydrogens is 200 g/mol. The number of hydrogen-bond acceptors (Lipinski definition) is 1. The molecule has 1 N–H and O–H groups in total. The van der Waals surface area contributed by atoms with E-state index in [9.17, 15) is 4.79 Å². The van der Waals surface area contributed by atoms with E-state index < -0.39 is 11.9 Å². The number of carboxylic acids is 1. The highest BCUT2D eigenvalue weighted by Gasteiger charge is 2.17. The van der Waals surface area contributed by atoms with Gasteiger partial charge in [0.05, 0.1) is 5.92 Å². The summed E-state index contributed by atoms with van der Waals surface area (Å²) in [6.45, 7) is 1.98. The minimum absolute atomic E-state index is 0.405. The summed E-state index contributed by atoms with van der Waals surface area (Å²) in [5.41, 5.74) is 0.823. The predicted octanol–water partition coefficient (Wildman–Crippen LogP) is 3.31. The highest BCUT2D eigenvalue weighted by atomic mass is 35.5. The molecule has 0 saturated heterocycles. The lowest BCUT2D eigenvalue weighted by molar-refractivity contribution is -0.139. The fourth-order valence-electron chi connectivity index (χ4n) is 1.42. The van der Waals surface area contributed by atoms with E-state index in [2.05, 4.69) is 0 Å². The van der Waals surface area contributed by atoms with Crippen molar-refractivity contribution in [1.29, 1.82) is 0 Å². The maximum absolute atomic E-state index is 10.9. The van der Waals surface area contributed by atoms with Crippen LogP contribution in [0.2, 0.25) is 5.02 Å². The van der Waals surface area contributed by atoms with E-state index in [0.717, 1.165) is 12.0 Å². The number of aliphatic carboxylic acids is 1. The van der Waals surface area contributed by atoms with Gasteiger partial charge >= 0.3 is 5.97 Å². The van der Waals surface area contributed by atoms with E-state index in [4.69, 9.17) is 16.7 Å². The Balaban J connectivity index is 2.87. The Hall–Kier alpha value is -1.02. The van der Waals surface area contributed by atoms with Crippen molar-refractivity contribution < 1.29 is 9.90 Å². The molecule has 0 spiro atoms. The molecule has 0 amide bonds. The molecule has 0 unspecified atom stereocenters. The van der Waals surface area contributed by atoms with Gasteiger partial charge in [0.2, 0.25) is 0 Å². The molecule has 14 heavy (non-hydrogen) atoms. The maximum Gasteiger partial charge on any atom is 0.310 e. The average molecular weight is 213 g/mol. The van der Waals surface area contributed by atoms with Crippen molar-refractivity contribution in [2.24, 2.45) is 0 Å². The van der Waals surface area contributed by atoms with Gasteiger partial charge in [0.25, 0.3) is 0 Å². The Kier molecular flexibility index (Phi) is 3.96. The van der Waals surface area contributed by atoms with Gasteiger partial charge < -0.3 is 5.11 Å². The second-order valence-electron chi connectivity index (χ2n) is 3.23. The maximum atomic E-state index is 10.9. The van der Waals surface area contributed by atoms with Crippen molar-refractivity contribution in [3.8, 4) is 0 Å². The number of benzene rings is 1. The van der Waals surface area contributed by atoms with E-state index in [-0.39, 0.29) is 0 Å². The zero-order valence-electron chi connectivity index (χ0n) is 8.03. The van der Waals surface area contributed by atoms with Gasteiger partial charge in [0, 0.05) is 5.02 Å². The molecule has 1 aromatic carbocycles. The molecule has 0 saturated carbocycles. The van der Waals surface area contributed by atoms with Gasteiger partial charge in [0.15, 0.2) is 0 Å². The van der Waals surface area contributed by atoms with Crippen LogP contribution in [0.1, 0.15) is 31.2 Å². The molecule has 0 heterocycles. The first-order chi connectivity index (χ1) is 6.65. The summed E-state index contributed by atoms with van der Waals surface area (Å²) in [7, 11) is 0. The SMILES string of the molecule is CCC[C@@H](C(=O)O)c1ccc(Cl)cc1. The molecule has 3 heteroatoms. The summed E-state index contributed by atoms with van der Waals surface area (Å²) in [5, 5.41) is 9.63. The Morgan fingerprint density at radius 3 is 2.43 bits per heavy atom. The molecule has 1 rings (SSSR count). The van der Waals surface area contributed by atoms with Crippen molar-refractivity contribution in [1.82, 2.24) is 0 Å². The normalized spacial score (nSPS) is 12.4. The lowest BCUT2D eigenvalue weighted by atomic mass is 9.95. The third kappa shape index (κ3) is 2.74. The summed E-state index contributed by atoms with van der Waals surface area (Å²) >= 11 is 5.73. The fourth-order valence-corrected chi connectivity index (χ4v) is 1.54. The van der Waals surface area contributed by atoms with Crippen LogP contribution in [-0.4, -0.2) is 11.1 Å². The van der Waals surface area contributed by atoms with Crippen LogP contribution in [-0.2, 0) is 4.79 Å². The van der Waals surface area contributed by atoms with E-state index in [0.29, 0.717) is 11.4 Å². The molecule has 0 aliphatic carbocycles. The minimum Gasteiger partial charge on any atom is -0.481 e. The molecule has 0 aliphatic rings. The molecule has 0 aromatic heterocycles. The average Bonchev–Trinajstić information content (AvgIpc) is 2.15. The predicted molar refractivity (Wildman–Crippen MR) is 56.7 cm³/mol. The van der Waals surface area contributed by atoms with Crippen LogP contribution < -0.4 is 0 Å². The fraction of sp³-hybridized carbons (Fsp3) is 0.364. The van der Waals surface area contributed by atoms with Crippen molar-refractivity contribution >= 4 is 17.6 Å². The Labute approximate surface area is 88.5 Å². The Morgan fingerprint density at radius 2 is 2.00 bits per heavy atom. The molecule has 0 radical (unpaired) electrons. The summed E-state index contributed by atoms with van der Waals surface area (Å²) in [4.78, 5) is 10.9. The minimum atomic E-state index is -0.769. The molecule has 0 bridgehead atoms. The summed E-state index contributed by atoms with van der Waals surface area (Å²) in [6, 6.07) is 7.00. The van der Waals surface area contributed by atoms with Crippen LogP contribution in [0, 0.1) is 0 Å². The van der Waals surface area contributed by atoms with Crippen LogP contribution in [0.5, 0.6) is 0 Å². The third-order valence-electron chi connectivity index (χ3n) is 2.15. The molecule has 2 nitrogen and oxygen atoms in total. The highest BCUT2D eigenvalue weighted by Crippen LogP contribution is 2.23. The van der Waals surface area contributed by atoms with E-state index in [1.165, 1.54) is 0 Å². The highest BCUT2D eigenvalue weighted by molar-refractivity contribution is 6.30. The van der Waals surface area contributed by atoms with E-state index >= 15 is 0 Å². The van der Waals surface area contributed by atoms with Gasteiger partial charge in [-0.3, -0.25) is 4.79 Å². The zero-order valence-corrected chi connectivity index (χ0v) is 8.79. The van der Waals surface area contributed by atoms with E-state index in [1.807, 2.05) is 6.92 Å². The number of hydrogen-bond donors (Lipinski definition) is 1. The Morgan fingerprint density at radius 1 is 1.43 bits per heavy atom. The quantitative estimate of drug-likeness (QED) is 0.832. The number of halogens is 1. The molecule has 1 aromatic rings. The molecule has 0 aliphatic heterocycles. The number of rotatable bonds is 4. The van der Waals surface area contributed by atoms with Gasteiger partial charge in [-0.15, -0.1) is 0 Å². The van der Waals surface area contributed by atoms with Gasteiger partial charge in [-0.2, -0.15) is 0 Å². The van der Waals surface area contributed by atoms with Crippen molar-refractivity contribution in [3.63, 3.8) is 0 Å². The second kappa shape index (κ2) is 5.01. The van der Waals surface area contributed by atoms with Gasteiger partial charge in [0.1, 0.15) is 0 Å². The van der Waals surface area contributed by atoms with Gasteiger partial charge in [-0.25, -0.2) is 0 Å². The monoisotopic (exact) mass is 212 g/mol. The first-order valence-corrected chi connectivity index (χ1v) is 5.01. The number of carbonyl (C=O) groups is 1. The first kappa shape index (κ1) is 11.1. The smallest absolute Gasteiger partial charge is 0.310 e. The molecular formula is C11H13ClO2. The standard InChI is InChI=1S/C11H13ClO2/c1-2-3-10(11(13)14)8-4-6-9(12)7-5-8/h4-7,10H,2-3H2,1H3,(H,13,14)/t10-/m1/s1. The molecule has 76 valence electrons. The third-order valence-corrected chi connectivity index (χ3v) is 2.40. The largest absolute Gasteiger partial charge is 0.481 e. The summed E-state index contributed by atoms with van der Waals surface area (Å²) in [6.07, 6.45) is 1.52. The topological polar surface area (TPSA) is 37.3 Å². The first-order valence-electron chi connectivity index (χ1n) is 4.63. The van der Waals surface area contributed by atoms with Crippen LogP contribution >= 0.6 is 11.6 Å². The van der Waals surface area contributed by atoms with Gasteiger partial charge in [-0.05, 0) is 24.1 Å². The summed E-state index contributed by atoms with van der Waals surface area (Å²) < 4.78 is 0. The van der Waals surface area contributed by atoms with Crippen LogP contribution in [0.3, 0.4) is 0 Å². The molecule has 0 fully saturated rings. The van der Waals surface area contributed by atoms with Crippen molar-refractivity contribution in [2.45, 2.75) is 25.7 Å². The van der Waals surface area contributed by atoms with Crippen molar-refractivity contribution in [3.05, 3.63) is 34.9 Å². The van der Waals surface area contributed by atoms with Crippen molar-refractivity contribution in [2.75, 3.05) is 0 Å².